The lowest BCUT2D eigenvalue weighted by Gasteiger charge is -2.20. The molecule has 0 spiro atoms. The largest absolute Gasteiger partial charge is 0.356 e. The number of halogens is 1. The Morgan fingerprint density at radius 1 is 1.04 bits per heavy atom. The van der Waals surface area contributed by atoms with E-state index in [2.05, 4.69) is 70.6 Å². The molecule has 1 saturated heterocycles. The van der Waals surface area contributed by atoms with Gasteiger partial charge in [0, 0.05) is 39.8 Å². The standard InChI is InChI=1S/C20H35N5.HI/c1-17(2)14-22-20(21-3)23-15-18-6-8-19(9-7-18)16-25-11-5-10-24(4)12-13-25;/h6-9,17H,5,10-16H2,1-4H3,(H2,21,22,23);1H. The third kappa shape index (κ3) is 8.68. The Bertz CT molecular complexity index is 530. The number of rotatable bonds is 6. The molecule has 26 heavy (non-hydrogen) atoms. The molecule has 0 unspecified atom stereocenters. The average Bonchev–Trinajstić information content (AvgIpc) is 2.80. The quantitative estimate of drug-likeness (QED) is 0.379. The van der Waals surface area contributed by atoms with Crippen LogP contribution in [0.5, 0.6) is 0 Å². The van der Waals surface area contributed by atoms with Gasteiger partial charge >= 0.3 is 0 Å². The van der Waals surface area contributed by atoms with E-state index in [0.717, 1.165) is 32.1 Å². The van der Waals surface area contributed by atoms with E-state index >= 15 is 0 Å². The summed E-state index contributed by atoms with van der Waals surface area (Å²) >= 11 is 0. The van der Waals surface area contributed by atoms with Crippen molar-refractivity contribution in [3.05, 3.63) is 35.4 Å². The molecule has 2 N–H and O–H groups in total. The van der Waals surface area contributed by atoms with Gasteiger partial charge in [0.1, 0.15) is 0 Å². The first-order valence-electron chi connectivity index (χ1n) is 9.50. The topological polar surface area (TPSA) is 42.9 Å². The van der Waals surface area contributed by atoms with Crippen LogP contribution in [-0.4, -0.2) is 62.6 Å². The minimum Gasteiger partial charge on any atom is -0.356 e. The van der Waals surface area contributed by atoms with Crippen LogP contribution >= 0.6 is 24.0 Å². The van der Waals surface area contributed by atoms with Gasteiger partial charge in [-0.25, -0.2) is 0 Å². The van der Waals surface area contributed by atoms with E-state index in [0.29, 0.717) is 5.92 Å². The summed E-state index contributed by atoms with van der Waals surface area (Å²) in [5.74, 6) is 1.48. The van der Waals surface area contributed by atoms with Crippen molar-refractivity contribution in [2.24, 2.45) is 10.9 Å². The molecular formula is C20H36IN5. The number of hydrogen-bond acceptors (Lipinski definition) is 3. The van der Waals surface area contributed by atoms with Crippen molar-refractivity contribution in [3.8, 4) is 0 Å². The van der Waals surface area contributed by atoms with Crippen molar-refractivity contribution in [2.45, 2.75) is 33.4 Å². The van der Waals surface area contributed by atoms with Crippen molar-refractivity contribution in [3.63, 3.8) is 0 Å². The van der Waals surface area contributed by atoms with Crippen LogP contribution in [0.3, 0.4) is 0 Å². The number of nitrogens with zero attached hydrogens (tertiary/aromatic N) is 3. The lowest BCUT2D eigenvalue weighted by Crippen LogP contribution is -2.38. The zero-order chi connectivity index (χ0) is 18.1. The van der Waals surface area contributed by atoms with Crippen molar-refractivity contribution in [1.29, 1.82) is 0 Å². The summed E-state index contributed by atoms with van der Waals surface area (Å²) in [5, 5.41) is 6.72. The zero-order valence-corrected chi connectivity index (χ0v) is 19.1. The molecular weight excluding hydrogens is 437 g/mol. The van der Waals surface area contributed by atoms with Crippen LogP contribution in [0.1, 0.15) is 31.4 Å². The number of benzene rings is 1. The zero-order valence-electron chi connectivity index (χ0n) is 16.8. The van der Waals surface area contributed by atoms with Crippen LogP contribution in [0.2, 0.25) is 0 Å². The Kier molecular flexibility index (Phi) is 11.2. The lowest BCUT2D eigenvalue weighted by atomic mass is 10.1. The Morgan fingerprint density at radius 2 is 1.73 bits per heavy atom. The molecule has 6 heteroatoms. The van der Waals surface area contributed by atoms with Gasteiger partial charge in [-0.15, -0.1) is 24.0 Å². The summed E-state index contributed by atoms with van der Waals surface area (Å²) in [4.78, 5) is 9.26. The van der Waals surface area contributed by atoms with Crippen molar-refractivity contribution >= 4 is 29.9 Å². The highest BCUT2D eigenvalue weighted by molar-refractivity contribution is 14.0. The molecule has 0 aliphatic carbocycles. The summed E-state index contributed by atoms with van der Waals surface area (Å²) in [6.45, 7) is 11.9. The predicted octanol–water partition coefficient (Wildman–Crippen LogP) is 2.76. The van der Waals surface area contributed by atoms with Crippen LogP contribution in [0.4, 0.5) is 0 Å². The molecule has 1 aliphatic rings. The van der Waals surface area contributed by atoms with E-state index in [1.54, 1.807) is 0 Å². The minimum absolute atomic E-state index is 0. The Labute approximate surface area is 176 Å². The molecule has 2 rings (SSSR count). The molecule has 148 valence electrons. The summed E-state index contributed by atoms with van der Waals surface area (Å²) < 4.78 is 0. The Balaban J connectivity index is 0.00000338. The van der Waals surface area contributed by atoms with Crippen molar-refractivity contribution < 1.29 is 0 Å². The molecule has 0 radical (unpaired) electrons. The fourth-order valence-corrected chi connectivity index (χ4v) is 2.99. The molecule has 1 aromatic carbocycles. The van der Waals surface area contributed by atoms with Crippen LogP contribution in [0, 0.1) is 5.92 Å². The second-order valence-electron chi connectivity index (χ2n) is 7.45. The van der Waals surface area contributed by atoms with Gasteiger partial charge in [-0.2, -0.15) is 0 Å². The number of hydrogen-bond donors (Lipinski definition) is 2. The fourth-order valence-electron chi connectivity index (χ4n) is 2.99. The normalized spacial score (nSPS) is 16.9. The summed E-state index contributed by atoms with van der Waals surface area (Å²) in [6.07, 6.45) is 1.26. The fraction of sp³-hybridized carbons (Fsp3) is 0.650. The van der Waals surface area contributed by atoms with Gasteiger partial charge in [0.25, 0.3) is 0 Å². The molecule has 0 bridgehead atoms. The Hall–Kier alpha value is -0.860. The number of guanidine groups is 1. The molecule has 0 atom stereocenters. The number of nitrogens with one attached hydrogen (secondary N) is 2. The van der Waals surface area contributed by atoms with Crippen molar-refractivity contribution in [2.75, 3.05) is 46.8 Å². The molecule has 0 amide bonds. The third-order valence-electron chi connectivity index (χ3n) is 4.60. The minimum atomic E-state index is 0. The first-order valence-corrected chi connectivity index (χ1v) is 9.50. The summed E-state index contributed by atoms with van der Waals surface area (Å²) in [5.41, 5.74) is 2.68. The summed E-state index contributed by atoms with van der Waals surface area (Å²) in [6, 6.07) is 8.97. The van der Waals surface area contributed by atoms with Gasteiger partial charge in [0.2, 0.25) is 0 Å². The second-order valence-corrected chi connectivity index (χ2v) is 7.45. The average molecular weight is 473 g/mol. The van der Waals surface area contributed by atoms with Crippen molar-refractivity contribution in [1.82, 2.24) is 20.4 Å². The second kappa shape index (κ2) is 12.5. The SMILES string of the molecule is CN=C(NCc1ccc(CN2CCCN(C)CC2)cc1)NCC(C)C.I. The van der Waals surface area contributed by atoms with Gasteiger partial charge in [0.05, 0.1) is 0 Å². The van der Waals surface area contributed by atoms with Crippen LogP contribution in [0.15, 0.2) is 29.3 Å². The highest BCUT2D eigenvalue weighted by Crippen LogP contribution is 2.10. The highest BCUT2D eigenvalue weighted by atomic mass is 127. The lowest BCUT2D eigenvalue weighted by molar-refractivity contribution is 0.269. The van der Waals surface area contributed by atoms with Gasteiger partial charge in [-0.1, -0.05) is 38.1 Å². The maximum atomic E-state index is 4.27. The highest BCUT2D eigenvalue weighted by Gasteiger charge is 2.12. The maximum Gasteiger partial charge on any atom is 0.191 e. The van der Waals surface area contributed by atoms with Gasteiger partial charge in [0.15, 0.2) is 5.96 Å². The van der Waals surface area contributed by atoms with Gasteiger partial charge in [-0.3, -0.25) is 9.89 Å². The van der Waals surface area contributed by atoms with E-state index in [1.165, 1.54) is 37.2 Å². The molecule has 0 saturated carbocycles. The van der Waals surface area contributed by atoms with Crippen LogP contribution < -0.4 is 10.6 Å². The van der Waals surface area contributed by atoms with Crippen LogP contribution in [-0.2, 0) is 13.1 Å². The molecule has 5 nitrogen and oxygen atoms in total. The van der Waals surface area contributed by atoms with Gasteiger partial charge < -0.3 is 15.5 Å². The van der Waals surface area contributed by atoms with Crippen LogP contribution in [0.25, 0.3) is 0 Å². The van der Waals surface area contributed by atoms with Gasteiger partial charge in [-0.05, 0) is 43.6 Å². The molecule has 1 aromatic rings. The first kappa shape index (κ1) is 23.2. The Morgan fingerprint density at radius 3 is 2.38 bits per heavy atom. The maximum absolute atomic E-state index is 4.27. The van der Waals surface area contributed by atoms with E-state index in [-0.39, 0.29) is 24.0 Å². The monoisotopic (exact) mass is 473 g/mol. The molecule has 1 aliphatic heterocycles. The molecule has 1 fully saturated rings. The molecule has 0 aromatic heterocycles. The van der Waals surface area contributed by atoms with E-state index in [4.69, 9.17) is 0 Å². The van der Waals surface area contributed by atoms with E-state index < -0.39 is 0 Å². The first-order chi connectivity index (χ1) is 12.1. The number of likely N-dealkylation sites (N-methyl/N-ethyl adjacent to an activating group) is 1. The molecule has 1 heterocycles. The third-order valence-corrected chi connectivity index (χ3v) is 4.60. The van der Waals surface area contributed by atoms with E-state index in [9.17, 15) is 0 Å². The summed E-state index contributed by atoms with van der Waals surface area (Å²) in [7, 11) is 4.03. The number of aliphatic imine (C=N–C) groups is 1. The predicted molar refractivity (Wildman–Crippen MR) is 122 cm³/mol. The van der Waals surface area contributed by atoms with E-state index in [1.807, 2.05) is 7.05 Å². The smallest absolute Gasteiger partial charge is 0.191 e.